The molecule has 0 spiro atoms. The van der Waals surface area contributed by atoms with E-state index >= 15 is 0 Å². The molecule has 0 aromatic rings. The van der Waals surface area contributed by atoms with Gasteiger partial charge >= 0.3 is 0 Å². The molecule has 7 heteroatoms. The van der Waals surface area contributed by atoms with Gasteiger partial charge in [0.15, 0.2) is 25.0 Å². The number of hydrogen-bond donors (Lipinski definition) is 1. The minimum Gasteiger partial charge on any atom is -0.414 e. The number of aliphatic hydroxyl groups excluding tert-OH is 1. The fourth-order valence-corrected chi connectivity index (χ4v) is 9.13. The van der Waals surface area contributed by atoms with Gasteiger partial charge in [-0.3, -0.25) is 0 Å². The summed E-state index contributed by atoms with van der Waals surface area (Å²) in [7, 11) is -5.93. The molecule has 5 atom stereocenters. The van der Waals surface area contributed by atoms with Gasteiger partial charge in [0.25, 0.3) is 0 Å². The van der Waals surface area contributed by atoms with Crippen LogP contribution in [0.25, 0.3) is 0 Å². The van der Waals surface area contributed by atoms with E-state index in [2.05, 4.69) is 133 Å². The Balaban J connectivity index is 3.61. The van der Waals surface area contributed by atoms with Crippen LogP contribution in [-0.4, -0.2) is 55.0 Å². The molecule has 0 bridgehead atoms. The zero-order chi connectivity index (χ0) is 33.5. The van der Waals surface area contributed by atoms with E-state index in [-0.39, 0.29) is 46.0 Å². The lowest BCUT2D eigenvalue weighted by Gasteiger charge is -2.40. The van der Waals surface area contributed by atoms with Gasteiger partial charge in [0.05, 0.1) is 18.3 Å². The highest BCUT2D eigenvalue weighted by Crippen LogP contribution is 2.48. The Labute approximate surface area is 272 Å². The number of hydrogen-bond acceptors (Lipinski definition) is 4. The molecule has 0 radical (unpaired) electrons. The first-order chi connectivity index (χ1) is 19.4. The molecule has 1 aliphatic rings. The molecule has 1 N–H and O–H groups in total. The van der Waals surface area contributed by atoms with Gasteiger partial charge in [0, 0.05) is 12.5 Å². The van der Waals surface area contributed by atoms with E-state index in [0.717, 1.165) is 19.3 Å². The van der Waals surface area contributed by atoms with E-state index in [1.54, 1.807) is 0 Å². The van der Waals surface area contributed by atoms with Gasteiger partial charge in [-0.25, -0.2) is 0 Å². The summed E-state index contributed by atoms with van der Waals surface area (Å²) in [6.07, 6.45) is 17.1. The van der Waals surface area contributed by atoms with Crippen molar-refractivity contribution < 1.29 is 18.4 Å². The number of allylic oxidation sites excluding steroid dienone is 1. The predicted molar refractivity (Wildman–Crippen MR) is 197 cm³/mol. The van der Waals surface area contributed by atoms with Gasteiger partial charge in [-0.05, 0) is 86.0 Å². The monoisotopic (exact) mass is 654 g/mol. The number of aliphatic hydroxyl groups is 1. The zero-order valence-electron chi connectivity index (χ0n) is 31.5. The molecule has 1 saturated carbocycles. The molecular weight excluding hydrogens is 581 g/mol. The van der Waals surface area contributed by atoms with Crippen LogP contribution in [0.2, 0.25) is 54.4 Å². The van der Waals surface area contributed by atoms with Crippen molar-refractivity contribution in [3.05, 3.63) is 24.3 Å². The third-order valence-electron chi connectivity index (χ3n) is 11.1. The fourth-order valence-electron chi connectivity index (χ4n) is 5.08. The molecular formula is C36H74O4Si3. The van der Waals surface area contributed by atoms with Crippen molar-refractivity contribution in [1.82, 2.24) is 0 Å². The SMILES string of the molecule is CCCCC[C@@H](/C=C/[C@@H]1[C@H](C/C=C\CCO)[C@@H](O[Si](C)(C)C(C)(C)C)C[C@H]1O[Si](C)(C)C(C)(C)C)O[Si](C)(C)C(C)(C)C. The second kappa shape index (κ2) is 16.2. The summed E-state index contributed by atoms with van der Waals surface area (Å²) in [6.45, 7) is 37.8. The van der Waals surface area contributed by atoms with Gasteiger partial charge in [0.2, 0.25) is 0 Å². The molecule has 0 saturated heterocycles. The zero-order valence-corrected chi connectivity index (χ0v) is 34.5. The van der Waals surface area contributed by atoms with E-state index in [1.165, 1.54) is 19.3 Å². The summed E-state index contributed by atoms with van der Waals surface area (Å²) in [4.78, 5) is 0. The summed E-state index contributed by atoms with van der Waals surface area (Å²) in [5.74, 6) is 0.596. The second-order valence-corrected chi connectivity index (χ2v) is 32.1. The molecule has 43 heavy (non-hydrogen) atoms. The van der Waals surface area contributed by atoms with E-state index in [0.29, 0.717) is 12.3 Å². The summed E-state index contributed by atoms with van der Waals surface area (Å²) in [6, 6.07) is 0. The Hall–Kier alpha value is -0.0294. The predicted octanol–water partition coefficient (Wildman–Crippen LogP) is 11.3. The normalized spacial score (nSPS) is 24.0. The van der Waals surface area contributed by atoms with Gasteiger partial charge in [-0.2, -0.15) is 0 Å². The highest BCUT2D eigenvalue weighted by atomic mass is 28.4. The molecule has 1 aliphatic carbocycles. The first-order valence-electron chi connectivity index (χ1n) is 17.4. The van der Waals surface area contributed by atoms with E-state index in [1.807, 2.05) is 0 Å². The van der Waals surface area contributed by atoms with Crippen molar-refractivity contribution in [1.29, 1.82) is 0 Å². The average Bonchev–Trinajstić information content (AvgIpc) is 3.12. The van der Waals surface area contributed by atoms with Crippen LogP contribution in [0.5, 0.6) is 0 Å². The van der Waals surface area contributed by atoms with Crippen molar-refractivity contribution in [2.45, 2.75) is 187 Å². The maximum absolute atomic E-state index is 9.43. The minimum absolute atomic E-state index is 0.131. The Morgan fingerprint density at radius 2 is 1.26 bits per heavy atom. The number of unbranched alkanes of at least 4 members (excludes halogenated alkanes) is 2. The van der Waals surface area contributed by atoms with E-state index < -0.39 is 25.0 Å². The van der Waals surface area contributed by atoms with Crippen LogP contribution >= 0.6 is 0 Å². The fraction of sp³-hybridized carbons (Fsp3) is 0.889. The minimum atomic E-state index is -2.01. The first-order valence-corrected chi connectivity index (χ1v) is 26.1. The molecule has 1 fully saturated rings. The Morgan fingerprint density at radius 1 is 0.744 bits per heavy atom. The lowest BCUT2D eigenvalue weighted by molar-refractivity contribution is 0.129. The van der Waals surface area contributed by atoms with Gasteiger partial charge < -0.3 is 18.4 Å². The first kappa shape index (κ1) is 41.0. The third kappa shape index (κ3) is 12.3. The average molecular weight is 655 g/mol. The second-order valence-electron chi connectivity index (χ2n) is 17.8. The molecule has 0 aromatic carbocycles. The standard InChI is InChI=1S/C36H74O4Si3/c1-17-18-20-23-29(38-41(11,12)34(2,3)4)25-26-31-30(24-21-19-22-27-37)32(39-42(13,14)35(5,6)7)28-33(31)40-43(15,16)36(8,9)10/h19,21,25-26,29-33,37H,17-18,20,22-24,27-28H2,1-16H3/b21-19-,26-25+/t29-,30-,31+,32-,33+/m0/s1. The third-order valence-corrected chi connectivity index (χ3v) is 24.6. The van der Waals surface area contributed by atoms with Crippen molar-refractivity contribution in [2.75, 3.05) is 6.61 Å². The molecule has 4 nitrogen and oxygen atoms in total. The molecule has 0 heterocycles. The summed E-state index contributed by atoms with van der Waals surface area (Å²) < 4.78 is 21.6. The van der Waals surface area contributed by atoms with Crippen LogP contribution in [-0.2, 0) is 13.3 Å². The summed E-state index contributed by atoms with van der Waals surface area (Å²) in [5.41, 5.74) is 0. The largest absolute Gasteiger partial charge is 0.414 e. The van der Waals surface area contributed by atoms with Crippen LogP contribution in [0.4, 0.5) is 0 Å². The van der Waals surface area contributed by atoms with E-state index in [9.17, 15) is 5.11 Å². The van der Waals surface area contributed by atoms with Crippen molar-refractivity contribution in [3.63, 3.8) is 0 Å². The summed E-state index contributed by atoms with van der Waals surface area (Å²) in [5, 5.41) is 9.89. The Bertz CT molecular complexity index is 874. The Morgan fingerprint density at radius 3 is 1.72 bits per heavy atom. The molecule has 0 aromatic heterocycles. The van der Waals surface area contributed by atoms with Gasteiger partial charge in [-0.1, -0.05) is 113 Å². The van der Waals surface area contributed by atoms with Gasteiger partial charge in [0.1, 0.15) is 0 Å². The molecule has 1 rings (SSSR count). The topological polar surface area (TPSA) is 47.9 Å². The lowest BCUT2D eigenvalue weighted by atomic mass is 9.89. The maximum Gasteiger partial charge on any atom is 0.192 e. The Kier molecular flexibility index (Phi) is 15.4. The highest BCUT2D eigenvalue weighted by molar-refractivity contribution is 6.75. The summed E-state index contributed by atoms with van der Waals surface area (Å²) >= 11 is 0. The highest BCUT2D eigenvalue weighted by Gasteiger charge is 2.50. The smallest absolute Gasteiger partial charge is 0.192 e. The lowest BCUT2D eigenvalue weighted by Crippen LogP contribution is -2.45. The van der Waals surface area contributed by atoms with Crippen molar-refractivity contribution >= 4 is 25.0 Å². The number of rotatable bonds is 16. The van der Waals surface area contributed by atoms with Crippen LogP contribution in [0.15, 0.2) is 24.3 Å². The molecule has 0 unspecified atom stereocenters. The molecule has 254 valence electrons. The van der Waals surface area contributed by atoms with Crippen LogP contribution in [0.1, 0.15) is 114 Å². The van der Waals surface area contributed by atoms with E-state index in [4.69, 9.17) is 13.3 Å². The van der Waals surface area contributed by atoms with Crippen LogP contribution in [0, 0.1) is 11.8 Å². The van der Waals surface area contributed by atoms with Crippen LogP contribution < -0.4 is 0 Å². The van der Waals surface area contributed by atoms with Crippen molar-refractivity contribution in [3.8, 4) is 0 Å². The van der Waals surface area contributed by atoms with Crippen LogP contribution in [0.3, 0.4) is 0 Å². The molecule has 0 aliphatic heterocycles. The van der Waals surface area contributed by atoms with Gasteiger partial charge in [-0.15, -0.1) is 0 Å². The molecule has 0 amide bonds. The maximum atomic E-state index is 9.43. The van der Waals surface area contributed by atoms with Crippen molar-refractivity contribution in [2.24, 2.45) is 11.8 Å². The quantitative estimate of drug-likeness (QED) is 0.102.